The van der Waals surface area contributed by atoms with Crippen molar-refractivity contribution in [2.45, 2.75) is 25.4 Å². The van der Waals surface area contributed by atoms with Gasteiger partial charge in [0.2, 0.25) is 5.91 Å². The summed E-state index contributed by atoms with van der Waals surface area (Å²) in [6, 6.07) is 9.06. The van der Waals surface area contributed by atoms with E-state index in [1.807, 2.05) is 17.8 Å². The summed E-state index contributed by atoms with van der Waals surface area (Å²) in [6.07, 6.45) is 2.62. The predicted octanol–water partition coefficient (Wildman–Crippen LogP) is 1.89. The lowest BCUT2D eigenvalue weighted by Crippen LogP contribution is -2.55. The Bertz CT molecular complexity index is 688. The number of likely N-dealkylation sites (N-methyl/N-ethyl adjacent to an activating group) is 1. The molecule has 3 aliphatic rings. The quantitative estimate of drug-likeness (QED) is 0.742. The monoisotopic (exact) mass is 431 g/mol. The number of hydrogen-bond acceptors (Lipinski definition) is 6. The minimum Gasteiger partial charge on any atom is -0.325 e. The molecule has 1 amide bonds. The molecule has 6 nitrogen and oxygen atoms in total. The van der Waals surface area contributed by atoms with Gasteiger partial charge in [0.15, 0.2) is 0 Å². The Balaban J connectivity index is 1.21. The Labute approximate surface area is 185 Å². The van der Waals surface area contributed by atoms with Gasteiger partial charge in [-0.05, 0) is 44.1 Å². The van der Waals surface area contributed by atoms with Crippen LogP contribution in [-0.4, -0.2) is 109 Å². The molecule has 3 saturated heterocycles. The van der Waals surface area contributed by atoms with Gasteiger partial charge >= 0.3 is 0 Å². The number of anilines is 1. The average Bonchev–Trinajstić information content (AvgIpc) is 2.75. The Kier molecular flexibility index (Phi) is 8.07. The second-order valence-corrected chi connectivity index (χ2v) is 10.2. The maximum atomic E-state index is 12.6. The van der Waals surface area contributed by atoms with Crippen molar-refractivity contribution in [1.29, 1.82) is 0 Å². The summed E-state index contributed by atoms with van der Waals surface area (Å²) in [5.41, 5.74) is 2.21. The second-order valence-electron chi connectivity index (χ2n) is 9.01. The molecule has 1 atom stereocenters. The second kappa shape index (κ2) is 11.0. The largest absolute Gasteiger partial charge is 0.325 e. The fourth-order valence-corrected chi connectivity index (χ4v) is 5.87. The molecule has 0 aliphatic carbocycles. The van der Waals surface area contributed by atoms with E-state index < -0.39 is 0 Å². The van der Waals surface area contributed by atoms with Crippen LogP contribution in [0.1, 0.15) is 18.4 Å². The van der Waals surface area contributed by atoms with Crippen molar-refractivity contribution in [1.82, 2.24) is 19.6 Å². The van der Waals surface area contributed by atoms with E-state index in [0.29, 0.717) is 12.6 Å². The molecule has 0 radical (unpaired) electrons. The third-order valence-corrected chi connectivity index (χ3v) is 7.55. The third-order valence-electron chi connectivity index (χ3n) is 6.61. The molecular weight excluding hydrogens is 394 g/mol. The zero-order valence-electron chi connectivity index (χ0n) is 18.4. The van der Waals surface area contributed by atoms with Crippen LogP contribution in [0.25, 0.3) is 0 Å². The summed E-state index contributed by atoms with van der Waals surface area (Å²) < 4.78 is 0. The minimum atomic E-state index is 0.104. The number of amides is 1. The van der Waals surface area contributed by atoms with Gasteiger partial charge in [-0.25, -0.2) is 0 Å². The molecule has 4 rings (SSSR count). The maximum Gasteiger partial charge on any atom is 0.238 e. The number of carbonyl (C=O) groups excluding carboxylic acids is 1. The molecule has 0 bridgehead atoms. The summed E-state index contributed by atoms with van der Waals surface area (Å²) in [4.78, 5) is 22.5. The first-order valence-corrected chi connectivity index (χ1v) is 12.6. The van der Waals surface area contributed by atoms with E-state index in [2.05, 4.69) is 50.2 Å². The van der Waals surface area contributed by atoms with Gasteiger partial charge in [0.1, 0.15) is 0 Å². The lowest BCUT2D eigenvalue weighted by Gasteiger charge is -2.42. The van der Waals surface area contributed by atoms with Crippen LogP contribution in [0.5, 0.6) is 0 Å². The smallest absolute Gasteiger partial charge is 0.238 e. The molecule has 3 fully saturated rings. The highest BCUT2D eigenvalue weighted by molar-refractivity contribution is 7.99. The predicted molar refractivity (Wildman–Crippen MR) is 126 cm³/mol. The van der Waals surface area contributed by atoms with Crippen LogP contribution < -0.4 is 5.32 Å². The standard InChI is InChI=1S/C23H37N5OS/c1-25-7-3-6-22(18-25)28-10-8-26(9-11-28)19-23(29)24-21-5-2-4-20(16-21)17-27-12-14-30-15-13-27/h2,4-5,16,22H,3,6-15,17-19H2,1H3,(H,24,29). The number of thioether (sulfide) groups is 1. The van der Waals surface area contributed by atoms with Crippen LogP contribution >= 0.6 is 11.8 Å². The lowest BCUT2D eigenvalue weighted by molar-refractivity contribution is -0.117. The fourth-order valence-electron chi connectivity index (χ4n) is 4.89. The van der Waals surface area contributed by atoms with Crippen molar-refractivity contribution in [3.05, 3.63) is 29.8 Å². The van der Waals surface area contributed by atoms with E-state index >= 15 is 0 Å². The topological polar surface area (TPSA) is 42.1 Å². The van der Waals surface area contributed by atoms with Crippen LogP contribution in [-0.2, 0) is 11.3 Å². The molecule has 3 heterocycles. The number of nitrogens with zero attached hydrogens (tertiary/aromatic N) is 4. The molecule has 0 aromatic heterocycles. The van der Waals surface area contributed by atoms with Crippen molar-refractivity contribution in [3.8, 4) is 0 Å². The van der Waals surface area contributed by atoms with Gasteiger partial charge in [-0.15, -0.1) is 0 Å². The molecule has 166 valence electrons. The molecule has 1 aromatic carbocycles. The van der Waals surface area contributed by atoms with Gasteiger partial charge in [0.05, 0.1) is 6.54 Å². The number of benzene rings is 1. The van der Waals surface area contributed by atoms with Crippen LogP contribution in [0.3, 0.4) is 0 Å². The summed E-state index contributed by atoms with van der Waals surface area (Å²) in [6.45, 7) is 10.3. The highest BCUT2D eigenvalue weighted by atomic mass is 32.2. The normalized spacial score (nSPS) is 25.3. The van der Waals surface area contributed by atoms with Crippen molar-refractivity contribution < 1.29 is 4.79 Å². The highest BCUT2D eigenvalue weighted by Gasteiger charge is 2.27. The first kappa shape index (κ1) is 22.1. The molecular formula is C23H37N5OS. The van der Waals surface area contributed by atoms with Crippen LogP contribution in [0.2, 0.25) is 0 Å². The summed E-state index contributed by atoms with van der Waals surface area (Å²) in [7, 11) is 2.23. The van der Waals surface area contributed by atoms with Crippen LogP contribution in [0, 0.1) is 0 Å². The van der Waals surface area contributed by atoms with Gasteiger partial charge in [0.25, 0.3) is 0 Å². The van der Waals surface area contributed by atoms with E-state index in [4.69, 9.17) is 0 Å². The van der Waals surface area contributed by atoms with Crippen molar-refractivity contribution in [2.24, 2.45) is 0 Å². The number of piperidine rings is 1. The van der Waals surface area contributed by atoms with Crippen LogP contribution in [0.15, 0.2) is 24.3 Å². The summed E-state index contributed by atoms with van der Waals surface area (Å²) >= 11 is 2.04. The van der Waals surface area contributed by atoms with Gasteiger partial charge in [-0.3, -0.25) is 19.5 Å². The molecule has 7 heteroatoms. The number of hydrogen-bond donors (Lipinski definition) is 1. The summed E-state index contributed by atoms with van der Waals surface area (Å²) in [5, 5.41) is 3.12. The molecule has 1 aromatic rings. The maximum absolute atomic E-state index is 12.6. The first-order chi connectivity index (χ1) is 14.7. The number of likely N-dealkylation sites (tertiary alicyclic amines) is 1. The van der Waals surface area contributed by atoms with Gasteiger partial charge < -0.3 is 10.2 Å². The van der Waals surface area contributed by atoms with E-state index in [9.17, 15) is 4.79 Å². The average molecular weight is 432 g/mol. The molecule has 1 unspecified atom stereocenters. The molecule has 3 aliphatic heterocycles. The van der Waals surface area contributed by atoms with E-state index in [1.54, 1.807) is 0 Å². The molecule has 1 N–H and O–H groups in total. The zero-order chi connectivity index (χ0) is 20.8. The van der Waals surface area contributed by atoms with Crippen molar-refractivity contribution in [2.75, 3.05) is 82.8 Å². The Morgan fingerprint density at radius 1 is 1.07 bits per heavy atom. The number of piperazine rings is 1. The molecule has 30 heavy (non-hydrogen) atoms. The number of rotatable bonds is 6. The molecule has 0 saturated carbocycles. The lowest BCUT2D eigenvalue weighted by atomic mass is 10.0. The summed E-state index contributed by atoms with van der Waals surface area (Å²) in [5.74, 6) is 2.55. The SMILES string of the molecule is CN1CCCC(N2CCN(CC(=O)Nc3cccc(CN4CCSCC4)c3)CC2)C1. The fraction of sp³-hybridized carbons (Fsp3) is 0.696. The van der Waals surface area contributed by atoms with Gasteiger partial charge in [-0.2, -0.15) is 11.8 Å². The minimum absolute atomic E-state index is 0.104. The number of nitrogens with one attached hydrogen (secondary N) is 1. The van der Waals surface area contributed by atoms with Crippen molar-refractivity contribution >= 4 is 23.4 Å². The van der Waals surface area contributed by atoms with E-state index in [-0.39, 0.29) is 5.91 Å². The first-order valence-electron chi connectivity index (χ1n) is 11.5. The van der Waals surface area contributed by atoms with Gasteiger partial charge in [-0.1, -0.05) is 12.1 Å². The van der Waals surface area contributed by atoms with Crippen molar-refractivity contribution in [3.63, 3.8) is 0 Å². The third kappa shape index (κ3) is 6.44. The number of carbonyl (C=O) groups is 1. The van der Waals surface area contributed by atoms with E-state index in [1.165, 1.54) is 43.0 Å². The Morgan fingerprint density at radius 2 is 1.87 bits per heavy atom. The Hall–Kier alpha value is -1.12. The zero-order valence-corrected chi connectivity index (χ0v) is 19.2. The van der Waals surface area contributed by atoms with Crippen LogP contribution in [0.4, 0.5) is 5.69 Å². The molecule has 0 spiro atoms. The van der Waals surface area contributed by atoms with E-state index in [0.717, 1.165) is 51.5 Å². The Morgan fingerprint density at radius 3 is 2.63 bits per heavy atom. The van der Waals surface area contributed by atoms with Gasteiger partial charge in [0, 0.05) is 75.6 Å². The highest BCUT2D eigenvalue weighted by Crippen LogP contribution is 2.18.